The molecule has 0 atom stereocenters. The Balaban J connectivity index is 1.93. The molecule has 0 bridgehead atoms. The second-order valence-corrected chi connectivity index (χ2v) is 5.70. The molecule has 4 heteroatoms. The van der Waals surface area contributed by atoms with E-state index in [1.165, 1.54) is 0 Å². The predicted molar refractivity (Wildman–Crippen MR) is 85.2 cm³/mol. The van der Waals surface area contributed by atoms with Crippen LogP contribution in [0, 0.1) is 0 Å². The highest BCUT2D eigenvalue weighted by Crippen LogP contribution is 2.20. The van der Waals surface area contributed by atoms with Crippen LogP contribution in [0.3, 0.4) is 0 Å². The predicted octanol–water partition coefficient (Wildman–Crippen LogP) is 3.54. The topological polar surface area (TPSA) is 33.8 Å². The number of hydrogen-bond acceptors (Lipinski definition) is 2. The maximum absolute atomic E-state index is 11.3. The van der Waals surface area contributed by atoms with Crippen molar-refractivity contribution in [1.29, 1.82) is 0 Å². The molecule has 0 aliphatic heterocycles. The second-order valence-electron chi connectivity index (χ2n) is 4.95. The monoisotopic (exact) mass is 341 g/mol. The minimum atomic E-state index is 0.0794. The number of hydrogen-bond donors (Lipinski definition) is 0. The lowest BCUT2D eigenvalue weighted by atomic mass is 10.1. The minimum Gasteiger partial charge on any atom is -0.295 e. The SMILES string of the molecule is CC(=O)c1cc[n+](Cc2cc3ccccc3nc2Br)cc1. The maximum Gasteiger partial charge on any atom is 0.176 e. The first-order valence-corrected chi connectivity index (χ1v) is 7.47. The summed E-state index contributed by atoms with van der Waals surface area (Å²) in [5.41, 5.74) is 2.81. The van der Waals surface area contributed by atoms with Crippen LogP contribution < -0.4 is 4.57 Å². The molecule has 0 saturated carbocycles. The first-order valence-electron chi connectivity index (χ1n) is 6.68. The molecule has 0 saturated heterocycles. The first-order chi connectivity index (χ1) is 10.1. The van der Waals surface area contributed by atoms with Crippen molar-refractivity contribution in [2.75, 3.05) is 0 Å². The molecule has 0 unspecified atom stereocenters. The lowest BCUT2D eigenvalue weighted by molar-refractivity contribution is -0.688. The van der Waals surface area contributed by atoms with Crippen molar-refractivity contribution in [3.8, 4) is 0 Å². The average molecular weight is 342 g/mol. The molecule has 1 aromatic carbocycles. The Bertz CT molecular complexity index is 813. The van der Waals surface area contributed by atoms with Gasteiger partial charge in [0.15, 0.2) is 24.7 Å². The van der Waals surface area contributed by atoms with Crippen molar-refractivity contribution in [3.05, 3.63) is 70.6 Å². The Morgan fingerprint density at radius 3 is 2.62 bits per heavy atom. The molecule has 3 rings (SSSR count). The molecule has 0 N–H and O–H groups in total. The molecule has 0 aliphatic carbocycles. The van der Waals surface area contributed by atoms with Crippen LogP contribution in [0.4, 0.5) is 0 Å². The van der Waals surface area contributed by atoms with Crippen LogP contribution in [-0.4, -0.2) is 10.8 Å². The molecule has 0 aliphatic rings. The fourth-order valence-corrected chi connectivity index (χ4v) is 2.67. The van der Waals surface area contributed by atoms with Gasteiger partial charge in [0, 0.05) is 23.1 Å². The molecule has 2 aromatic heterocycles. The summed E-state index contributed by atoms with van der Waals surface area (Å²) in [5, 5.41) is 1.12. The van der Waals surface area contributed by atoms with Crippen molar-refractivity contribution < 1.29 is 9.36 Å². The van der Waals surface area contributed by atoms with Gasteiger partial charge >= 0.3 is 0 Å². The Labute approximate surface area is 131 Å². The van der Waals surface area contributed by atoms with E-state index in [1.54, 1.807) is 6.92 Å². The number of benzene rings is 1. The van der Waals surface area contributed by atoms with Gasteiger partial charge in [-0.3, -0.25) is 4.79 Å². The molecule has 3 nitrogen and oxygen atoms in total. The number of carbonyl (C=O) groups excluding carboxylic acids is 1. The third kappa shape index (κ3) is 3.00. The van der Waals surface area contributed by atoms with Crippen LogP contribution in [-0.2, 0) is 6.54 Å². The van der Waals surface area contributed by atoms with Crippen molar-refractivity contribution in [1.82, 2.24) is 4.98 Å². The number of halogens is 1. The quantitative estimate of drug-likeness (QED) is 0.415. The zero-order valence-corrected chi connectivity index (χ0v) is 13.2. The maximum atomic E-state index is 11.3. The molecule has 0 radical (unpaired) electrons. The highest BCUT2D eigenvalue weighted by molar-refractivity contribution is 9.10. The number of aromatic nitrogens is 2. The van der Waals surface area contributed by atoms with Gasteiger partial charge in [-0.15, -0.1) is 0 Å². The number of rotatable bonds is 3. The highest BCUT2D eigenvalue weighted by Gasteiger charge is 2.10. The number of carbonyl (C=O) groups is 1. The summed E-state index contributed by atoms with van der Waals surface area (Å²) in [4.78, 5) is 15.9. The number of Topliss-reactive ketones (excluding diaryl/α,β-unsaturated/α-hetero) is 1. The van der Waals surface area contributed by atoms with E-state index in [2.05, 4.69) is 33.0 Å². The zero-order valence-electron chi connectivity index (χ0n) is 11.6. The van der Waals surface area contributed by atoms with Gasteiger partial charge in [0.25, 0.3) is 0 Å². The Hall–Kier alpha value is -2.07. The van der Waals surface area contributed by atoms with E-state index in [0.29, 0.717) is 6.54 Å². The summed E-state index contributed by atoms with van der Waals surface area (Å²) in [6.07, 6.45) is 3.83. The summed E-state index contributed by atoms with van der Waals surface area (Å²) in [6.45, 7) is 2.28. The van der Waals surface area contributed by atoms with Gasteiger partial charge in [-0.1, -0.05) is 18.2 Å². The average Bonchev–Trinajstić information content (AvgIpc) is 2.48. The van der Waals surface area contributed by atoms with Gasteiger partial charge in [-0.05, 0) is 35.0 Å². The van der Waals surface area contributed by atoms with Crippen LogP contribution in [0.15, 0.2) is 59.5 Å². The number of ketones is 1. The Kier molecular flexibility index (Phi) is 3.80. The molecule has 0 fully saturated rings. The zero-order chi connectivity index (χ0) is 14.8. The van der Waals surface area contributed by atoms with Gasteiger partial charge < -0.3 is 0 Å². The van der Waals surface area contributed by atoms with Crippen LogP contribution in [0.25, 0.3) is 10.9 Å². The number of fused-ring (bicyclic) bond motifs is 1. The van der Waals surface area contributed by atoms with Crippen LogP contribution in [0.2, 0.25) is 0 Å². The molecule has 21 heavy (non-hydrogen) atoms. The van der Waals surface area contributed by atoms with Crippen LogP contribution in [0.1, 0.15) is 22.8 Å². The first kappa shape index (κ1) is 13.9. The van der Waals surface area contributed by atoms with Gasteiger partial charge in [0.1, 0.15) is 4.60 Å². The standard InChI is InChI=1S/C17H14BrN2O/c1-12(21)13-6-8-20(9-7-13)11-15-10-14-4-2-3-5-16(14)19-17(15)18/h2-10H,11H2,1H3/q+1. The van der Waals surface area contributed by atoms with Gasteiger partial charge in [0.2, 0.25) is 0 Å². The summed E-state index contributed by atoms with van der Waals surface area (Å²) < 4.78 is 2.88. The third-order valence-corrected chi connectivity index (χ3v) is 4.09. The summed E-state index contributed by atoms with van der Waals surface area (Å²) in [6, 6.07) is 13.9. The van der Waals surface area contributed by atoms with Crippen molar-refractivity contribution in [3.63, 3.8) is 0 Å². The van der Waals surface area contributed by atoms with Crippen molar-refractivity contribution >= 4 is 32.6 Å². The van der Waals surface area contributed by atoms with E-state index in [9.17, 15) is 4.79 Å². The summed E-state index contributed by atoms with van der Waals surface area (Å²) >= 11 is 3.53. The van der Waals surface area contributed by atoms with Gasteiger partial charge in [0.05, 0.1) is 11.1 Å². The van der Waals surface area contributed by atoms with E-state index in [-0.39, 0.29) is 5.78 Å². The Morgan fingerprint density at radius 2 is 1.90 bits per heavy atom. The second kappa shape index (κ2) is 5.74. The van der Waals surface area contributed by atoms with E-state index in [4.69, 9.17) is 0 Å². The van der Waals surface area contributed by atoms with E-state index >= 15 is 0 Å². The molecule has 0 spiro atoms. The highest BCUT2D eigenvalue weighted by atomic mass is 79.9. The fraction of sp³-hybridized carbons (Fsp3) is 0.118. The molecule has 0 amide bonds. The van der Waals surface area contributed by atoms with Crippen LogP contribution >= 0.6 is 15.9 Å². The van der Waals surface area contributed by atoms with Gasteiger partial charge in [-0.2, -0.15) is 0 Å². The van der Waals surface area contributed by atoms with E-state index < -0.39 is 0 Å². The number of para-hydroxylation sites is 1. The normalized spacial score (nSPS) is 10.8. The van der Waals surface area contributed by atoms with Crippen LogP contribution in [0.5, 0.6) is 0 Å². The molecule has 2 heterocycles. The van der Waals surface area contributed by atoms with Gasteiger partial charge in [-0.25, -0.2) is 9.55 Å². The number of nitrogens with zero attached hydrogens (tertiary/aromatic N) is 2. The smallest absolute Gasteiger partial charge is 0.176 e. The fourth-order valence-electron chi connectivity index (χ4n) is 2.24. The molecule has 104 valence electrons. The molecular weight excluding hydrogens is 328 g/mol. The minimum absolute atomic E-state index is 0.0794. The van der Waals surface area contributed by atoms with E-state index in [0.717, 1.165) is 26.6 Å². The van der Waals surface area contributed by atoms with Crippen molar-refractivity contribution in [2.45, 2.75) is 13.5 Å². The number of pyridine rings is 2. The van der Waals surface area contributed by atoms with Crippen molar-refractivity contribution in [2.24, 2.45) is 0 Å². The molecule has 3 aromatic rings. The Morgan fingerprint density at radius 1 is 1.19 bits per heavy atom. The lowest BCUT2D eigenvalue weighted by Crippen LogP contribution is -2.33. The lowest BCUT2D eigenvalue weighted by Gasteiger charge is -2.04. The molecular formula is C17H14BrN2O+. The van der Waals surface area contributed by atoms with E-state index in [1.807, 2.05) is 47.3 Å². The third-order valence-electron chi connectivity index (χ3n) is 3.40. The summed E-state index contributed by atoms with van der Waals surface area (Å²) in [5.74, 6) is 0.0794. The largest absolute Gasteiger partial charge is 0.295 e. The summed E-state index contributed by atoms with van der Waals surface area (Å²) in [7, 11) is 0.